The molecule has 0 aliphatic heterocycles. The molecule has 0 aliphatic rings. The summed E-state index contributed by atoms with van der Waals surface area (Å²) in [6.07, 6.45) is -0.103. The molecule has 0 radical (unpaired) electrons. The SMILES string of the molecule is CC(NC(=O)CC(C)(C)C(=O)O)c1ccc(F)cc1. The van der Waals surface area contributed by atoms with Crippen LogP contribution >= 0.6 is 0 Å². The van der Waals surface area contributed by atoms with Crippen LogP contribution in [0, 0.1) is 11.2 Å². The molecule has 0 heterocycles. The molecule has 0 spiro atoms. The molecule has 0 aliphatic carbocycles. The standard InChI is InChI=1S/C14H18FNO3/c1-9(10-4-6-11(15)7-5-10)16-12(17)8-14(2,3)13(18)19/h4-7,9H,8H2,1-3H3,(H,16,17)(H,18,19). The van der Waals surface area contributed by atoms with Crippen LogP contribution in [0.2, 0.25) is 0 Å². The molecule has 0 fully saturated rings. The summed E-state index contributed by atoms with van der Waals surface area (Å²) in [5.74, 6) is -1.70. The number of amides is 1. The largest absolute Gasteiger partial charge is 0.481 e. The highest BCUT2D eigenvalue weighted by Crippen LogP contribution is 2.21. The van der Waals surface area contributed by atoms with E-state index < -0.39 is 11.4 Å². The second-order valence-corrected chi connectivity index (χ2v) is 5.21. The second kappa shape index (κ2) is 5.82. The number of carboxylic acids is 1. The van der Waals surface area contributed by atoms with Crippen molar-refractivity contribution >= 4 is 11.9 Å². The van der Waals surface area contributed by atoms with E-state index >= 15 is 0 Å². The van der Waals surface area contributed by atoms with E-state index in [9.17, 15) is 14.0 Å². The Kier molecular flexibility index (Phi) is 4.64. The van der Waals surface area contributed by atoms with E-state index in [-0.39, 0.29) is 24.2 Å². The molecule has 1 atom stereocenters. The van der Waals surface area contributed by atoms with Gasteiger partial charge in [0.25, 0.3) is 0 Å². The summed E-state index contributed by atoms with van der Waals surface area (Å²) in [6.45, 7) is 4.76. The fourth-order valence-corrected chi connectivity index (χ4v) is 1.60. The fraction of sp³-hybridized carbons (Fsp3) is 0.429. The zero-order valence-corrected chi connectivity index (χ0v) is 11.2. The minimum absolute atomic E-state index is 0.103. The molecule has 1 unspecified atom stereocenters. The first-order valence-electron chi connectivity index (χ1n) is 6.00. The highest BCUT2D eigenvalue weighted by molar-refractivity contribution is 5.84. The Morgan fingerprint density at radius 3 is 2.32 bits per heavy atom. The van der Waals surface area contributed by atoms with E-state index in [1.807, 2.05) is 0 Å². The zero-order chi connectivity index (χ0) is 14.6. The summed E-state index contributed by atoms with van der Waals surface area (Å²) in [7, 11) is 0. The normalized spacial score (nSPS) is 12.8. The Morgan fingerprint density at radius 2 is 1.84 bits per heavy atom. The van der Waals surface area contributed by atoms with Gasteiger partial charge in [-0.05, 0) is 38.5 Å². The van der Waals surface area contributed by atoms with Gasteiger partial charge in [-0.15, -0.1) is 0 Å². The number of rotatable bonds is 5. The van der Waals surface area contributed by atoms with Gasteiger partial charge in [0.2, 0.25) is 5.91 Å². The highest BCUT2D eigenvalue weighted by Gasteiger charge is 2.30. The number of nitrogens with one attached hydrogen (secondary N) is 1. The van der Waals surface area contributed by atoms with Crippen molar-refractivity contribution in [2.45, 2.75) is 33.2 Å². The molecule has 104 valence electrons. The van der Waals surface area contributed by atoms with Crippen LogP contribution in [0.3, 0.4) is 0 Å². The predicted octanol–water partition coefficient (Wildman–Crippen LogP) is 2.50. The van der Waals surface area contributed by atoms with Crippen molar-refractivity contribution in [3.63, 3.8) is 0 Å². The van der Waals surface area contributed by atoms with Gasteiger partial charge in [0.1, 0.15) is 5.82 Å². The molecule has 1 amide bonds. The Hall–Kier alpha value is -1.91. The maximum atomic E-state index is 12.8. The average molecular weight is 267 g/mol. The van der Waals surface area contributed by atoms with Crippen LogP contribution in [0.4, 0.5) is 4.39 Å². The third-order valence-corrected chi connectivity index (χ3v) is 2.93. The maximum absolute atomic E-state index is 12.8. The number of halogens is 1. The second-order valence-electron chi connectivity index (χ2n) is 5.21. The zero-order valence-electron chi connectivity index (χ0n) is 11.2. The van der Waals surface area contributed by atoms with Crippen LogP contribution in [0.15, 0.2) is 24.3 Å². The Bertz CT molecular complexity index is 468. The van der Waals surface area contributed by atoms with E-state index in [1.54, 1.807) is 19.1 Å². The maximum Gasteiger partial charge on any atom is 0.309 e. The van der Waals surface area contributed by atoms with Crippen LogP contribution in [-0.4, -0.2) is 17.0 Å². The van der Waals surface area contributed by atoms with E-state index in [0.717, 1.165) is 5.56 Å². The van der Waals surface area contributed by atoms with Crippen molar-refractivity contribution in [3.05, 3.63) is 35.6 Å². The van der Waals surface area contributed by atoms with E-state index in [2.05, 4.69) is 5.32 Å². The van der Waals surface area contributed by atoms with Crippen molar-refractivity contribution in [3.8, 4) is 0 Å². The number of benzene rings is 1. The molecule has 0 bridgehead atoms. The van der Waals surface area contributed by atoms with Gasteiger partial charge >= 0.3 is 5.97 Å². The lowest BCUT2D eigenvalue weighted by Crippen LogP contribution is -2.34. The highest BCUT2D eigenvalue weighted by atomic mass is 19.1. The molecule has 5 heteroatoms. The molecule has 19 heavy (non-hydrogen) atoms. The molecular weight excluding hydrogens is 249 g/mol. The van der Waals surface area contributed by atoms with E-state index in [4.69, 9.17) is 5.11 Å². The van der Waals surface area contributed by atoms with Gasteiger partial charge in [0.15, 0.2) is 0 Å². The van der Waals surface area contributed by atoms with Gasteiger partial charge in [-0.1, -0.05) is 12.1 Å². The lowest BCUT2D eigenvalue weighted by atomic mass is 9.89. The number of carbonyl (C=O) groups is 2. The minimum Gasteiger partial charge on any atom is -0.481 e. The van der Waals surface area contributed by atoms with Crippen molar-refractivity contribution in [1.82, 2.24) is 5.32 Å². The number of hydrogen-bond acceptors (Lipinski definition) is 2. The molecule has 0 saturated carbocycles. The Morgan fingerprint density at radius 1 is 1.32 bits per heavy atom. The van der Waals surface area contributed by atoms with Gasteiger partial charge < -0.3 is 10.4 Å². The van der Waals surface area contributed by atoms with Gasteiger partial charge in [0, 0.05) is 6.42 Å². The number of carbonyl (C=O) groups excluding carboxylic acids is 1. The van der Waals surface area contributed by atoms with Crippen LogP contribution in [0.1, 0.15) is 38.8 Å². The Balaban J connectivity index is 2.62. The first-order valence-corrected chi connectivity index (χ1v) is 6.00. The third kappa shape index (κ3) is 4.35. The summed E-state index contributed by atoms with van der Waals surface area (Å²) >= 11 is 0. The molecule has 2 N–H and O–H groups in total. The number of aliphatic carboxylic acids is 1. The molecule has 1 aromatic carbocycles. The summed E-state index contributed by atoms with van der Waals surface area (Å²) in [6, 6.07) is 5.52. The quantitative estimate of drug-likeness (QED) is 0.861. The minimum atomic E-state index is -1.10. The topological polar surface area (TPSA) is 66.4 Å². The van der Waals surface area contributed by atoms with Crippen LogP contribution in [-0.2, 0) is 9.59 Å². The number of hydrogen-bond donors (Lipinski definition) is 2. The summed E-state index contributed by atoms with van der Waals surface area (Å²) in [5, 5.41) is 11.7. The average Bonchev–Trinajstić information content (AvgIpc) is 2.28. The predicted molar refractivity (Wildman–Crippen MR) is 69.0 cm³/mol. The number of carboxylic acid groups (broad SMARTS) is 1. The fourth-order valence-electron chi connectivity index (χ4n) is 1.60. The van der Waals surface area contributed by atoms with E-state index in [0.29, 0.717) is 0 Å². The summed E-state index contributed by atoms with van der Waals surface area (Å²) in [5.41, 5.74) is -0.338. The molecule has 1 rings (SSSR count). The van der Waals surface area contributed by atoms with Crippen molar-refractivity contribution in [2.24, 2.45) is 5.41 Å². The van der Waals surface area contributed by atoms with E-state index in [1.165, 1.54) is 26.0 Å². The van der Waals surface area contributed by atoms with Crippen molar-refractivity contribution in [1.29, 1.82) is 0 Å². The van der Waals surface area contributed by atoms with Gasteiger partial charge in [0.05, 0.1) is 11.5 Å². The molecule has 0 aromatic heterocycles. The van der Waals surface area contributed by atoms with Gasteiger partial charge in [-0.25, -0.2) is 4.39 Å². The molecule has 4 nitrogen and oxygen atoms in total. The van der Waals surface area contributed by atoms with Crippen molar-refractivity contribution in [2.75, 3.05) is 0 Å². The van der Waals surface area contributed by atoms with Crippen LogP contribution in [0.25, 0.3) is 0 Å². The summed E-state index contributed by atoms with van der Waals surface area (Å²) in [4.78, 5) is 22.7. The first-order chi connectivity index (χ1) is 8.72. The van der Waals surface area contributed by atoms with Gasteiger partial charge in [-0.3, -0.25) is 9.59 Å². The lowest BCUT2D eigenvalue weighted by Gasteiger charge is -2.20. The molecule has 1 aromatic rings. The third-order valence-electron chi connectivity index (χ3n) is 2.93. The molecule has 0 saturated heterocycles. The lowest BCUT2D eigenvalue weighted by molar-refractivity contribution is -0.149. The van der Waals surface area contributed by atoms with Crippen LogP contribution in [0.5, 0.6) is 0 Å². The van der Waals surface area contributed by atoms with Gasteiger partial charge in [-0.2, -0.15) is 0 Å². The summed E-state index contributed by atoms with van der Waals surface area (Å²) < 4.78 is 12.8. The molecular formula is C14H18FNO3. The van der Waals surface area contributed by atoms with Crippen molar-refractivity contribution < 1.29 is 19.1 Å². The van der Waals surface area contributed by atoms with Crippen LogP contribution < -0.4 is 5.32 Å². The smallest absolute Gasteiger partial charge is 0.309 e. The first kappa shape index (κ1) is 15.1. The Labute approximate surface area is 111 Å². The monoisotopic (exact) mass is 267 g/mol.